The third-order valence-corrected chi connectivity index (χ3v) is 4.06. The van der Waals surface area contributed by atoms with Gasteiger partial charge in [-0.2, -0.15) is 0 Å². The van der Waals surface area contributed by atoms with Crippen molar-refractivity contribution in [3.8, 4) is 5.75 Å². The van der Waals surface area contributed by atoms with Crippen LogP contribution in [-0.4, -0.2) is 67.2 Å². The number of carbonyl (C=O) groups is 2. The van der Waals surface area contributed by atoms with Crippen molar-refractivity contribution in [1.82, 2.24) is 9.80 Å². The summed E-state index contributed by atoms with van der Waals surface area (Å²) >= 11 is 0. The smallest absolute Gasteiger partial charge is 0.406 e. The molecule has 0 saturated carbocycles. The molecule has 3 N–H and O–H groups in total. The summed E-state index contributed by atoms with van der Waals surface area (Å²) in [4.78, 5) is 27.7. The van der Waals surface area contributed by atoms with Crippen molar-refractivity contribution in [1.29, 1.82) is 0 Å². The van der Waals surface area contributed by atoms with E-state index >= 15 is 0 Å². The van der Waals surface area contributed by atoms with Gasteiger partial charge >= 0.3 is 6.36 Å². The maximum absolute atomic E-state index is 12.1. The summed E-state index contributed by atoms with van der Waals surface area (Å²) in [6.45, 7) is 2.90. The summed E-state index contributed by atoms with van der Waals surface area (Å²) in [5.41, 5.74) is 5.78. The highest BCUT2D eigenvalue weighted by Gasteiger charge is 2.31. The van der Waals surface area contributed by atoms with Crippen molar-refractivity contribution in [3.05, 3.63) is 24.3 Å². The zero-order valence-corrected chi connectivity index (χ0v) is 17.2. The van der Waals surface area contributed by atoms with Gasteiger partial charge in [0, 0.05) is 38.3 Å². The molecule has 0 radical (unpaired) electrons. The van der Waals surface area contributed by atoms with Gasteiger partial charge in [0.15, 0.2) is 0 Å². The number of halogens is 5. The van der Waals surface area contributed by atoms with Crippen LogP contribution in [0.25, 0.3) is 0 Å². The summed E-state index contributed by atoms with van der Waals surface area (Å²) in [6, 6.07) is 4.95. The maximum Gasteiger partial charge on any atom is 0.573 e. The van der Waals surface area contributed by atoms with E-state index in [1.807, 2.05) is 4.90 Å². The topological polar surface area (TPSA) is 87.9 Å². The largest absolute Gasteiger partial charge is 0.573 e. The Labute approximate surface area is 179 Å². The van der Waals surface area contributed by atoms with Crippen molar-refractivity contribution in [3.63, 3.8) is 0 Å². The number of anilines is 1. The molecule has 0 unspecified atom stereocenters. The van der Waals surface area contributed by atoms with Gasteiger partial charge in [0.1, 0.15) is 5.75 Å². The second-order valence-electron chi connectivity index (χ2n) is 6.17. The molecule has 1 aromatic rings. The molecule has 1 heterocycles. The average Bonchev–Trinajstić information content (AvgIpc) is 2.60. The Balaban J connectivity index is 0.00000392. The third kappa shape index (κ3) is 10.0. The monoisotopic (exact) mass is 460 g/mol. The van der Waals surface area contributed by atoms with Crippen molar-refractivity contribution < 1.29 is 27.5 Å². The molecule has 1 saturated heterocycles. The minimum absolute atomic E-state index is 0. The first-order chi connectivity index (χ1) is 12.8. The SMILES string of the molecule is Cl.Cl.NCCCC(=O)N1CCN(CC(=O)Nc2ccc(OC(F)(F)F)cc2)CC1. The molecule has 1 aliphatic rings. The molecule has 0 aliphatic carbocycles. The molecule has 29 heavy (non-hydrogen) atoms. The molecule has 0 bridgehead atoms. The second-order valence-corrected chi connectivity index (χ2v) is 6.17. The fourth-order valence-electron chi connectivity index (χ4n) is 2.71. The number of amides is 2. The molecule has 166 valence electrons. The number of alkyl halides is 3. The van der Waals surface area contributed by atoms with Gasteiger partial charge < -0.3 is 20.7 Å². The third-order valence-electron chi connectivity index (χ3n) is 4.06. The van der Waals surface area contributed by atoms with E-state index in [0.29, 0.717) is 51.3 Å². The molecule has 0 spiro atoms. The highest BCUT2D eigenvalue weighted by Crippen LogP contribution is 2.23. The van der Waals surface area contributed by atoms with Crippen molar-refractivity contribution in [2.75, 3.05) is 44.6 Å². The Morgan fingerprint density at radius 2 is 1.66 bits per heavy atom. The first-order valence-corrected chi connectivity index (χ1v) is 8.62. The van der Waals surface area contributed by atoms with Crippen LogP contribution in [0.3, 0.4) is 0 Å². The quantitative estimate of drug-likeness (QED) is 0.651. The molecule has 7 nitrogen and oxygen atoms in total. The molecular formula is C17H25Cl2F3N4O3. The average molecular weight is 461 g/mol. The van der Waals surface area contributed by atoms with Gasteiger partial charge in [-0.05, 0) is 37.2 Å². The first-order valence-electron chi connectivity index (χ1n) is 8.62. The summed E-state index contributed by atoms with van der Waals surface area (Å²) in [5.74, 6) is -0.552. The number of benzene rings is 1. The fourth-order valence-corrected chi connectivity index (χ4v) is 2.71. The highest BCUT2D eigenvalue weighted by atomic mass is 35.5. The zero-order chi connectivity index (χ0) is 19.9. The van der Waals surface area contributed by atoms with Crippen molar-refractivity contribution in [2.24, 2.45) is 5.73 Å². The van der Waals surface area contributed by atoms with E-state index in [0.717, 1.165) is 12.1 Å². The molecule has 1 aliphatic heterocycles. The van der Waals surface area contributed by atoms with Crippen LogP contribution in [0.2, 0.25) is 0 Å². The Morgan fingerprint density at radius 3 is 2.17 bits per heavy atom. The molecule has 1 aromatic carbocycles. The zero-order valence-electron chi connectivity index (χ0n) is 15.6. The predicted octanol–water partition coefficient (Wildman–Crippen LogP) is 2.25. The van der Waals surface area contributed by atoms with Crippen LogP contribution in [0.5, 0.6) is 5.75 Å². The van der Waals surface area contributed by atoms with Crippen LogP contribution in [0, 0.1) is 0 Å². The number of ether oxygens (including phenoxy) is 1. The van der Waals surface area contributed by atoms with Gasteiger partial charge in [0.05, 0.1) is 6.54 Å². The number of carbonyl (C=O) groups excluding carboxylic acids is 2. The summed E-state index contributed by atoms with van der Waals surface area (Å²) in [6.07, 6.45) is -3.65. The minimum Gasteiger partial charge on any atom is -0.406 e. The molecule has 0 atom stereocenters. The number of nitrogens with two attached hydrogens (primary N) is 1. The van der Waals surface area contributed by atoms with E-state index in [2.05, 4.69) is 10.1 Å². The van der Waals surface area contributed by atoms with Crippen LogP contribution < -0.4 is 15.8 Å². The Hall–Kier alpha value is -1.75. The van der Waals surface area contributed by atoms with Crippen molar-refractivity contribution >= 4 is 42.3 Å². The van der Waals surface area contributed by atoms with Gasteiger partial charge in [-0.25, -0.2) is 0 Å². The van der Waals surface area contributed by atoms with Gasteiger partial charge in [0.2, 0.25) is 11.8 Å². The second kappa shape index (κ2) is 12.7. The van der Waals surface area contributed by atoms with E-state index in [-0.39, 0.29) is 48.9 Å². The normalized spacial score (nSPS) is 14.4. The van der Waals surface area contributed by atoms with Crippen LogP contribution in [0.15, 0.2) is 24.3 Å². The molecule has 1 fully saturated rings. The van der Waals surface area contributed by atoms with Crippen molar-refractivity contribution in [2.45, 2.75) is 19.2 Å². The summed E-state index contributed by atoms with van der Waals surface area (Å²) in [5, 5.41) is 2.63. The Kier molecular flexibility index (Phi) is 12.0. The molecular weight excluding hydrogens is 436 g/mol. The van der Waals surface area contributed by atoms with E-state index in [1.165, 1.54) is 12.1 Å². The van der Waals surface area contributed by atoms with Gasteiger partial charge in [0.25, 0.3) is 0 Å². The number of piperazine rings is 1. The van der Waals surface area contributed by atoms with E-state index in [1.54, 1.807) is 4.90 Å². The van der Waals surface area contributed by atoms with E-state index < -0.39 is 6.36 Å². The Morgan fingerprint density at radius 1 is 1.07 bits per heavy atom. The highest BCUT2D eigenvalue weighted by molar-refractivity contribution is 5.92. The Bertz CT molecular complexity index is 640. The van der Waals surface area contributed by atoms with Crippen LogP contribution in [0.1, 0.15) is 12.8 Å². The molecule has 12 heteroatoms. The number of hydrogen-bond donors (Lipinski definition) is 2. The van der Waals surface area contributed by atoms with Gasteiger partial charge in [-0.3, -0.25) is 14.5 Å². The number of hydrogen-bond acceptors (Lipinski definition) is 5. The minimum atomic E-state index is -4.75. The number of nitrogens with one attached hydrogen (secondary N) is 1. The number of rotatable bonds is 7. The number of nitrogens with zero attached hydrogens (tertiary/aromatic N) is 2. The molecule has 2 amide bonds. The van der Waals surface area contributed by atoms with E-state index in [4.69, 9.17) is 5.73 Å². The van der Waals surface area contributed by atoms with Gasteiger partial charge in [-0.1, -0.05) is 0 Å². The molecule has 0 aromatic heterocycles. The summed E-state index contributed by atoms with van der Waals surface area (Å²) in [7, 11) is 0. The molecule has 2 rings (SSSR count). The van der Waals surface area contributed by atoms with Crippen LogP contribution in [-0.2, 0) is 9.59 Å². The lowest BCUT2D eigenvalue weighted by Gasteiger charge is -2.34. The summed E-state index contributed by atoms with van der Waals surface area (Å²) < 4.78 is 40.1. The lowest BCUT2D eigenvalue weighted by atomic mass is 10.2. The predicted molar refractivity (Wildman–Crippen MR) is 108 cm³/mol. The first kappa shape index (κ1) is 27.2. The van der Waals surface area contributed by atoms with Gasteiger partial charge in [-0.15, -0.1) is 38.0 Å². The fraction of sp³-hybridized carbons (Fsp3) is 0.529. The lowest BCUT2D eigenvalue weighted by Crippen LogP contribution is -2.50. The van der Waals surface area contributed by atoms with E-state index in [9.17, 15) is 22.8 Å². The maximum atomic E-state index is 12.1. The van der Waals surface area contributed by atoms with Crippen LogP contribution in [0.4, 0.5) is 18.9 Å². The standard InChI is InChI=1S/C17H23F3N4O3.2ClH/c18-17(19,20)27-14-5-3-13(4-6-14)22-15(25)12-23-8-10-24(11-9-23)16(26)2-1-7-21;;/h3-6H,1-2,7-12,21H2,(H,22,25);2*1H. The van der Waals surface area contributed by atoms with Crippen LogP contribution >= 0.6 is 24.8 Å². The lowest BCUT2D eigenvalue weighted by molar-refractivity contribution is -0.274.